The van der Waals surface area contributed by atoms with Crippen molar-refractivity contribution in [3.63, 3.8) is 0 Å². The maximum absolute atomic E-state index is 12.0. The molecule has 124 valence electrons. The molecule has 1 saturated heterocycles. The van der Waals surface area contributed by atoms with E-state index in [1.165, 1.54) is 11.3 Å². The van der Waals surface area contributed by atoms with Crippen molar-refractivity contribution in [3.05, 3.63) is 17.0 Å². The van der Waals surface area contributed by atoms with Crippen LogP contribution in [0.2, 0.25) is 0 Å². The van der Waals surface area contributed by atoms with E-state index in [2.05, 4.69) is 34.5 Å². The largest absolute Gasteiger partial charge is 0.338 e. The van der Waals surface area contributed by atoms with Gasteiger partial charge in [-0.25, -0.2) is 4.79 Å². The molecule has 2 N–H and O–H groups in total. The van der Waals surface area contributed by atoms with Crippen LogP contribution in [-0.2, 0) is 13.5 Å². The highest BCUT2D eigenvalue weighted by Gasteiger charge is 2.19. The minimum atomic E-state index is -0.0471. The van der Waals surface area contributed by atoms with E-state index in [-0.39, 0.29) is 6.03 Å². The number of carbonyl (C=O) groups excluding carboxylic acids is 1. The predicted molar refractivity (Wildman–Crippen MR) is 88.1 cm³/mol. The molecule has 2 heterocycles. The quantitative estimate of drug-likeness (QED) is 0.863. The van der Waals surface area contributed by atoms with Crippen LogP contribution in [0.25, 0.3) is 0 Å². The molecule has 2 amide bonds. The second-order valence-corrected chi connectivity index (χ2v) is 6.13. The third kappa shape index (κ3) is 4.22. The number of hydrogen-bond acceptors (Lipinski definition) is 3. The van der Waals surface area contributed by atoms with E-state index in [1.54, 1.807) is 0 Å². The number of carbonyl (C=O) groups is 1. The molecule has 0 aromatic carbocycles. The summed E-state index contributed by atoms with van der Waals surface area (Å²) in [7, 11) is 1.95. The summed E-state index contributed by atoms with van der Waals surface area (Å²) in [6.45, 7) is 10.2. The van der Waals surface area contributed by atoms with Gasteiger partial charge in [-0.15, -0.1) is 0 Å². The second kappa shape index (κ2) is 7.63. The third-order valence-electron chi connectivity index (χ3n) is 4.69. The van der Waals surface area contributed by atoms with Gasteiger partial charge in [-0.1, -0.05) is 6.92 Å². The highest BCUT2D eigenvalue weighted by Crippen LogP contribution is 2.12. The van der Waals surface area contributed by atoms with Gasteiger partial charge in [-0.2, -0.15) is 5.10 Å². The lowest BCUT2D eigenvalue weighted by atomic mass is 10.1. The van der Waals surface area contributed by atoms with Crippen LogP contribution in [0.15, 0.2) is 0 Å². The van der Waals surface area contributed by atoms with Crippen LogP contribution in [0, 0.1) is 13.8 Å². The summed E-state index contributed by atoms with van der Waals surface area (Å²) in [5, 5.41) is 10.5. The summed E-state index contributed by atoms with van der Waals surface area (Å²) in [5.74, 6) is 0. The minimum Gasteiger partial charge on any atom is -0.338 e. The molecule has 6 nitrogen and oxygen atoms in total. The number of amides is 2. The molecular weight excluding hydrogens is 278 g/mol. The van der Waals surface area contributed by atoms with Gasteiger partial charge in [0.1, 0.15) is 0 Å². The van der Waals surface area contributed by atoms with Crippen LogP contribution in [0.4, 0.5) is 4.79 Å². The molecule has 1 fully saturated rings. The van der Waals surface area contributed by atoms with Crippen molar-refractivity contribution in [1.29, 1.82) is 0 Å². The highest BCUT2D eigenvalue weighted by molar-refractivity contribution is 5.74. The van der Waals surface area contributed by atoms with Crippen LogP contribution in [0.1, 0.15) is 36.7 Å². The van der Waals surface area contributed by atoms with Gasteiger partial charge >= 0.3 is 6.03 Å². The van der Waals surface area contributed by atoms with Crippen molar-refractivity contribution in [3.8, 4) is 0 Å². The average Bonchev–Trinajstić information content (AvgIpc) is 2.74. The molecular formula is C16H29N5O. The molecule has 0 radical (unpaired) electrons. The van der Waals surface area contributed by atoms with Crippen LogP contribution < -0.4 is 10.6 Å². The minimum absolute atomic E-state index is 0.0471. The highest BCUT2D eigenvalue weighted by atomic mass is 16.2. The predicted octanol–water partition coefficient (Wildman–Crippen LogP) is 1.36. The first-order valence-electron chi connectivity index (χ1n) is 8.27. The van der Waals surface area contributed by atoms with Gasteiger partial charge in [0.05, 0.1) is 5.69 Å². The molecule has 1 aliphatic rings. The average molecular weight is 307 g/mol. The lowest BCUT2D eigenvalue weighted by Gasteiger charge is -2.31. The Morgan fingerprint density at radius 2 is 2.00 bits per heavy atom. The first-order valence-corrected chi connectivity index (χ1v) is 8.27. The lowest BCUT2D eigenvalue weighted by molar-refractivity contribution is 0.198. The third-order valence-corrected chi connectivity index (χ3v) is 4.69. The van der Waals surface area contributed by atoms with Crippen molar-refractivity contribution in [2.45, 2.75) is 46.1 Å². The van der Waals surface area contributed by atoms with E-state index in [0.29, 0.717) is 12.6 Å². The molecule has 0 bridgehead atoms. The number of urea groups is 1. The lowest BCUT2D eigenvalue weighted by Crippen LogP contribution is -2.48. The van der Waals surface area contributed by atoms with Gasteiger partial charge in [0, 0.05) is 38.4 Å². The molecule has 1 aromatic heterocycles. The zero-order chi connectivity index (χ0) is 16.1. The Labute approximate surface area is 133 Å². The molecule has 0 atom stereocenters. The van der Waals surface area contributed by atoms with E-state index < -0.39 is 0 Å². The monoisotopic (exact) mass is 307 g/mol. The Bertz CT molecular complexity index is 503. The molecule has 1 aliphatic heterocycles. The summed E-state index contributed by atoms with van der Waals surface area (Å²) >= 11 is 0. The Kier molecular flexibility index (Phi) is 5.83. The first-order chi connectivity index (χ1) is 10.5. The number of hydrogen-bond donors (Lipinski definition) is 2. The maximum atomic E-state index is 12.0. The smallest absolute Gasteiger partial charge is 0.315 e. The topological polar surface area (TPSA) is 62.2 Å². The fraction of sp³-hybridized carbons (Fsp3) is 0.750. The van der Waals surface area contributed by atoms with Crippen molar-refractivity contribution in [2.75, 3.05) is 26.2 Å². The SMILES string of the molecule is CCN1CCC(NC(=O)NCCc2c(C)nn(C)c2C)CC1. The Morgan fingerprint density at radius 1 is 1.32 bits per heavy atom. The van der Waals surface area contributed by atoms with Gasteiger partial charge in [-0.05, 0) is 45.2 Å². The molecule has 0 unspecified atom stereocenters. The van der Waals surface area contributed by atoms with Gasteiger partial charge < -0.3 is 15.5 Å². The van der Waals surface area contributed by atoms with E-state index in [0.717, 1.165) is 44.6 Å². The number of aryl methyl sites for hydroxylation is 2. The summed E-state index contributed by atoms with van der Waals surface area (Å²) in [6, 6.07) is 0.263. The summed E-state index contributed by atoms with van der Waals surface area (Å²) in [5.41, 5.74) is 3.46. The van der Waals surface area contributed by atoms with Gasteiger partial charge in [0.25, 0.3) is 0 Å². The number of rotatable bonds is 5. The van der Waals surface area contributed by atoms with Crippen molar-refractivity contribution in [2.24, 2.45) is 7.05 Å². The van der Waals surface area contributed by atoms with E-state index in [1.807, 2.05) is 18.7 Å². The van der Waals surface area contributed by atoms with Gasteiger partial charge in [0.2, 0.25) is 0 Å². The van der Waals surface area contributed by atoms with Gasteiger partial charge in [0.15, 0.2) is 0 Å². The number of aromatic nitrogens is 2. The van der Waals surface area contributed by atoms with Crippen LogP contribution in [-0.4, -0.2) is 52.9 Å². The molecule has 0 aliphatic carbocycles. The van der Waals surface area contributed by atoms with Gasteiger partial charge in [-0.3, -0.25) is 4.68 Å². The zero-order valence-corrected chi connectivity index (χ0v) is 14.3. The zero-order valence-electron chi connectivity index (χ0n) is 14.3. The van der Waals surface area contributed by atoms with E-state index in [9.17, 15) is 4.79 Å². The Hall–Kier alpha value is -1.56. The van der Waals surface area contributed by atoms with Crippen LogP contribution in [0.3, 0.4) is 0 Å². The standard InChI is InChI=1S/C16H29N5O/c1-5-21-10-7-14(8-11-21)18-16(22)17-9-6-15-12(2)19-20(4)13(15)3/h14H,5-11H2,1-4H3,(H2,17,18,22). The molecule has 6 heteroatoms. The summed E-state index contributed by atoms with van der Waals surface area (Å²) in [6.07, 6.45) is 2.91. The van der Waals surface area contributed by atoms with Crippen LogP contribution in [0.5, 0.6) is 0 Å². The second-order valence-electron chi connectivity index (χ2n) is 6.13. The number of likely N-dealkylation sites (tertiary alicyclic amines) is 1. The molecule has 1 aromatic rings. The van der Waals surface area contributed by atoms with Crippen molar-refractivity contribution >= 4 is 6.03 Å². The fourth-order valence-corrected chi connectivity index (χ4v) is 3.11. The van der Waals surface area contributed by atoms with E-state index >= 15 is 0 Å². The molecule has 22 heavy (non-hydrogen) atoms. The Balaban J connectivity index is 1.70. The number of nitrogens with zero attached hydrogens (tertiary/aromatic N) is 3. The summed E-state index contributed by atoms with van der Waals surface area (Å²) < 4.78 is 1.90. The number of piperidine rings is 1. The summed E-state index contributed by atoms with van der Waals surface area (Å²) in [4.78, 5) is 14.4. The van der Waals surface area contributed by atoms with Crippen LogP contribution >= 0.6 is 0 Å². The Morgan fingerprint density at radius 3 is 2.55 bits per heavy atom. The number of nitrogens with one attached hydrogen (secondary N) is 2. The van der Waals surface area contributed by atoms with E-state index in [4.69, 9.17) is 0 Å². The molecule has 0 saturated carbocycles. The molecule has 2 rings (SSSR count). The van der Waals surface area contributed by atoms with Crippen molar-refractivity contribution < 1.29 is 4.79 Å². The fourth-order valence-electron chi connectivity index (χ4n) is 3.11. The normalized spacial score (nSPS) is 16.7. The maximum Gasteiger partial charge on any atom is 0.315 e. The van der Waals surface area contributed by atoms with Crippen molar-refractivity contribution in [1.82, 2.24) is 25.3 Å². The molecule has 0 spiro atoms. The first kappa shape index (κ1) is 16.8.